The zero-order valence-electron chi connectivity index (χ0n) is 13.1. The summed E-state index contributed by atoms with van der Waals surface area (Å²) in [5.74, 6) is 0.767. The normalized spacial score (nSPS) is 22.7. The minimum atomic E-state index is 0.205. The van der Waals surface area contributed by atoms with E-state index in [-0.39, 0.29) is 5.91 Å². The van der Waals surface area contributed by atoms with Crippen LogP contribution in [0.15, 0.2) is 36.4 Å². The van der Waals surface area contributed by atoms with Gasteiger partial charge in [-0.25, -0.2) is 0 Å². The Morgan fingerprint density at radius 2 is 2.14 bits per heavy atom. The molecule has 1 saturated heterocycles. The van der Waals surface area contributed by atoms with E-state index in [0.717, 1.165) is 32.5 Å². The number of likely N-dealkylation sites (tertiary alicyclic amines) is 1. The van der Waals surface area contributed by atoms with Crippen molar-refractivity contribution in [3.8, 4) is 0 Å². The maximum atomic E-state index is 11.5. The van der Waals surface area contributed by atoms with Crippen molar-refractivity contribution < 1.29 is 4.79 Å². The van der Waals surface area contributed by atoms with Gasteiger partial charge in [0, 0.05) is 32.6 Å². The Hall–Kier alpha value is -1.61. The molecule has 21 heavy (non-hydrogen) atoms. The molecule has 0 aromatic heterocycles. The first kappa shape index (κ1) is 15.8. The first-order chi connectivity index (χ1) is 10.2. The Labute approximate surface area is 128 Å². The average molecular weight is 286 g/mol. The number of amides is 1. The third kappa shape index (κ3) is 4.71. The molecule has 2 atom stereocenters. The van der Waals surface area contributed by atoms with Gasteiger partial charge in [0.15, 0.2) is 0 Å². The second kappa shape index (κ2) is 7.99. The smallest absolute Gasteiger partial charge is 0.219 e. The lowest BCUT2D eigenvalue weighted by Gasteiger charge is -2.38. The largest absolute Gasteiger partial charge is 0.343 e. The Balaban J connectivity index is 1.80. The summed E-state index contributed by atoms with van der Waals surface area (Å²) in [5, 5.41) is 3.63. The molecule has 1 heterocycles. The van der Waals surface area contributed by atoms with Crippen LogP contribution in [0.25, 0.3) is 6.08 Å². The van der Waals surface area contributed by atoms with Gasteiger partial charge in [0.05, 0.1) is 0 Å². The van der Waals surface area contributed by atoms with Crippen LogP contribution in [0.4, 0.5) is 0 Å². The molecule has 1 fully saturated rings. The summed E-state index contributed by atoms with van der Waals surface area (Å²) in [4.78, 5) is 13.5. The quantitative estimate of drug-likeness (QED) is 0.902. The standard InChI is InChI=1S/C18H26N2O/c1-3-17-14-20(15(2)21)13-11-18(17)19-12-7-10-16-8-5-4-6-9-16/h4-10,17-19H,3,11-14H2,1-2H3. The van der Waals surface area contributed by atoms with E-state index in [9.17, 15) is 4.79 Å². The summed E-state index contributed by atoms with van der Waals surface area (Å²) in [6.45, 7) is 6.54. The second-order valence-electron chi connectivity index (χ2n) is 5.75. The molecule has 0 spiro atoms. The average Bonchev–Trinajstić information content (AvgIpc) is 2.52. The van der Waals surface area contributed by atoms with Crippen LogP contribution in [-0.4, -0.2) is 36.5 Å². The third-order valence-corrected chi connectivity index (χ3v) is 4.31. The summed E-state index contributed by atoms with van der Waals surface area (Å²) in [7, 11) is 0. The van der Waals surface area contributed by atoms with Crippen molar-refractivity contribution in [1.82, 2.24) is 10.2 Å². The number of rotatable bonds is 5. The molecule has 0 radical (unpaired) electrons. The lowest BCUT2D eigenvalue weighted by atomic mass is 9.90. The van der Waals surface area contributed by atoms with Gasteiger partial charge in [-0.05, 0) is 17.9 Å². The fraction of sp³-hybridized carbons (Fsp3) is 0.500. The van der Waals surface area contributed by atoms with Gasteiger partial charge in [-0.15, -0.1) is 0 Å². The highest BCUT2D eigenvalue weighted by Gasteiger charge is 2.28. The summed E-state index contributed by atoms with van der Waals surface area (Å²) in [6.07, 6.45) is 6.50. The summed E-state index contributed by atoms with van der Waals surface area (Å²) >= 11 is 0. The van der Waals surface area contributed by atoms with Crippen molar-refractivity contribution in [2.24, 2.45) is 5.92 Å². The van der Waals surface area contributed by atoms with Gasteiger partial charge >= 0.3 is 0 Å². The fourth-order valence-electron chi connectivity index (χ4n) is 2.98. The number of hydrogen-bond acceptors (Lipinski definition) is 2. The van der Waals surface area contributed by atoms with Crippen LogP contribution >= 0.6 is 0 Å². The van der Waals surface area contributed by atoms with Crippen molar-refractivity contribution in [1.29, 1.82) is 0 Å². The van der Waals surface area contributed by atoms with Crippen LogP contribution in [0.2, 0.25) is 0 Å². The molecule has 3 heteroatoms. The van der Waals surface area contributed by atoms with Crippen molar-refractivity contribution >= 4 is 12.0 Å². The highest BCUT2D eigenvalue weighted by molar-refractivity contribution is 5.73. The molecule has 1 amide bonds. The van der Waals surface area contributed by atoms with Crippen molar-refractivity contribution in [3.63, 3.8) is 0 Å². The summed E-state index contributed by atoms with van der Waals surface area (Å²) in [6, 6.07) is 10.9. The van der Waals surface area contributed by atoms with Gasteiger partial charge in [-0.3, -0.25) is 4.79 Å². The van der Waals surface area contributed by atoms with Crippen molar-refractivity contribution in [2.45, 2.75) is 32.7 Å². The van der Waals surface area contributed by atoms with E-state index >= 15 is 0 Å². The Morgan fingerprint density at radius 1 is 1.38 bits per heavy atom. The van der Waals surface area contributed by atoms with E-state index in [1.807, 2.05) is 11.0 Å². The highest BCUT2D eigenvalue weighted by atomic mass is 16.2. The van der Waals surface area contributed by atoms with Crippen LogP contribution < -0.4 is 5.32 Å². The predicted octanol–water partition coefficient (Wildman–Crippen LogP) is 2.94. The molecular weight excluding hydrogens is 260 g/mol. The van der Waals surface area contributed by atoms with Crippen LogP contribution in [0.5, 0.6) is 0 Å². The van der Waals surface area contributed by atoms with Gasteiger partial charge in [-0.1, -0.05) is 55.8 Å². The summed E-state index contributed by atoms with van der Waals surface area (Å²) in [5.41, 5.74) is 1.23. The molecule has 1 aliphatic heterocycles. The van der Waals surface area contributed by atoms with Crippen LogP contribution in [0, 0.1) is 5.92 Å². The number of hydrogen-bond donors (Lipinski definition) is 1. The topological polar surface area (TPSA) is 32.3 Å². The zero-order valence-corrected chi connectivity index (χ0v) is 13.1. The molecule has 1 aliphatic rings. The molecular formula is C18H26N2O. The molecule has 1 N–H and O–H groups in total. The Morgan fingerprint density at radius 3 is 2.81 bits per heavy atom. The van der Waals surface area contributed by atoms with E-state index in [0.29, 0.717) is 12.0 Å². The lowest BCUT2D eigenvalue weighted by Crippen LogP contribution is -2.50. The molecule has 2 unspecified atom stereocenters. The Bertz CT molecular complexity index is 469. The molecule has 0 bridgehead atoms. The Kier molecular flexibility index (Phi) is 6.00. The molecule has 3 nitrogen and oxygen atoms in total. The van der Waals surface area contributed by atoms with E-state index in [4.69, 9.17) is 0 Å². The van der Waals surface area contributed by atoms with Crippen LogP contribution in [0.1, 0.15) is 32.3 Å². The molecule has 114 valence electrons. The molecule has 0 saturated carbocycles. The maximum Gasteiger partial charge on any atom is 0.219 e. The van der Waals surface area contributed by atoms with E-state index in [2.05, 4.69) is 48.7 Å². The number of nitrogens with zero attached hydrogens (tertiary/aromatic N) is 1. The fourth-order valence-corrected chi connectivity index (χ4v) is 2.98. The summed E-state index contributed by atoms with van der Waals surface area (Å²) < 4.78 is 0. The first-order valence-electron chi connectivity index (χ1n) is 7.91. The zero-order chi connectivity index (χ0) is 15.1. The number of piperidine rings is 1. The van der Waals surface area contributed by atoms with Gasteiger partial charge in [-0.2, -0.15) is 0 Å². The van der Waals surface area contributed by atoms with Gasteiger partial charge in [0.1, 0.15) is 0 Å². The van der Waals surface area contributed by atoms with Gasteiger partial charge in [0.25, 0.3) is 0 Å². The van der Waals surface area contributed by atoms with E-state index < -0.39 is 0 Å². The maximum absolute atomic E-state index is 11.5. The third-order valence-electron chi connectivity index (χ3n) is 4.31. The number of carbonyl (C=O) groups excluding carboxylic acids is 1. The van der Waals surface area contributed by atoms with Gasteiger partial charge in [0.2, 0.25) is 5.91 Å². The van der Waals surface area contributed by atoms with Gasteiger partial charge < -0.3 is 10.2 Å². The number of nitrogens with one attached hydrogen (secondary N) is 1. The minimum Gasteiger partial charge on any atom is -0.343 e. The van der Waals surface area contributed by atoms with Crippen LogP contribution in [-0.2, 0) is 4.79 Å². The number of benzene rings is 1. The minimum absolute atomic E-state index is 0.205. The SMILES string of the molecule is CCC1CN(C(C)=O)CCC1NCC=Cc1ccccc1. The van der Waals surface area contributed by atoms with Crippen molar-refractivity contribution in [2.75, 3.05) is 19.6 Å². The molecule has 1 aromatic carbocycles. The first-order valence-corrected chi connectivity index (χ1v) is 7.91. The molecule has 1 aromatic rings. The number of carbonyl (C=O) groups is 1. The molecule has 0 aliphatic carbocycles. The van der Waals surface area contributed by atoms with E-state index in [1.54, 1.807) is 6.92 Å². The predicted molar refractivity (Wildman–Crippen MR) is 87.9 cm³/mol. The van der Waals surface area contributed by atoms with Crippen LogP contribution in [0.3, 0.4) is 0 Å². The highest BCUT2D eigenvalue weighted by Crippen LogP contribution is 2.20. The second-order valence-corrected chi connectivity index (χ2v) is 5.75. The monoisotopic (exact) mass is 286 g/mol. The molecule has 2 rings (SSSR count). The lowest BCUT2D eigenvalue weighted by molar-refractivity contribution is -0.131. The van der Waals surface area contributed by atoms with E-state index in [1.165, 1.54) is 5.56 Å². The van der Waals surface area contributed by atoms with Crippen molar-refractivity contribution in [3.05, 3.63) is 42.0 Å².